The van der Waals surface area contributed by atoms with Gasteiger partial charge < -0.3 is 20.7 Å². The number of carbonyl (C=O) groups is 2. The Bertz CT molecular complexity index is 569. The molecule has 1 fully saturated rings. The Morgan fingerprint density at radius 3 is 2.58 bits per heavy atom. The molecule has 3 N–H and O–H groups in total. The van der Waals surface area contributed by atoms with Crippen LogP contribution >= 0.6 is 0 Å². The smallest absolute Gasteiger partial charge is 0.312 e. The van der Waals surface area contributed by atoms with Gasteiger partial charge in [0.25, 0.3) is 0 Å². The summed E-state index contributed by atoms with van der Waals surface area (Å²) in [5.41, 5.74) is 6.19. The van der Waals surface area contributed by atoms with Crippen LogP contribution in [0.1, 0.15) is 26.3 Å². The minimum absolute atomic E-state index is 0.0267. The lowest BCUT2D eigenvalue weighted by Crippen LogP contribution is -2.56. The number of morpholine rings is 1. The molecule has 1 aromatic rings. The largest absolute Gasteiger partial charge is 0.374 e. The molecule has 1 aliphatic rings. The number of hydrogen-bond donors (Lipinski definition) is 2. The molecule has 0 unspecified atom stereocenters. The van der Waals surface area contributed by atoms with Crippen LogP contribution in [0.15, 0.2) is 30.3 Å². The molecule has 24 heavy (non-hydrogen) atoms. The molecule has 0 saturated carbocycles. The number of nitrogens with one attached hydrogen (secondary N) is 1. The summed E-state index contributed by atoms with van der Waals surface area (Å²) < 4.78 is 5.80. The molecule has 132 valence electrons. The van der Waals surface area contributed by atoms with Crippen molar-refractivity contribution in [3.8, 4) is 0 Å². The van der Waals surface area contributed by atoms with Gasteiger partial charge in [0, 0.05) is 19.5 Å². The Hall–Kier alpha value is -2.08. The van der Waals surface area contributed by atoms with Gasteiger partial charge in [-0.2, -0.15) is 0 Å². The second-order valence-electron chi connectivity index (χ2n) is 7.26. The van der Waals surface area contributed by atoms with Gasteiger partial charge in [-0.1, -0.05) is 51.1 Å². The van der Waals surface area contributed by atoms with Crippen molar-refractivity contribution in [3.63, 3.8) is 0 Å². The van der Waals surface area contributed by atoms with E-state index in [0.29, 0.717) is 26.1 Å². The lowest BCUT2D eigenvalue weighted by Gasteiger charge is -2.40. The van der Waals surface area contributed by atoms with E-state index in [2.05, 4.69) is 26.1 Å². The van der Waals surface area contributed by atoms with E-state index in [1.165, 1.54) is 0 Å². The van der Waals surface area contributed by atoms with Gasteiger partial charge >= 0.3 is 6.03 Å². The zero-order valence-electron chi connectivity index (χ0n) is 14.6. The first-order valence-electron chi connectivity index (χ1n) is 8.27. The average molecular weight is 333 g/mol. The predicted molar refractivity (Wildman–Crippen MR) is 92.4 cm³/mol. The first kappa shape index (κ1) is 18.3. The minimum atomic E-state index is -0.690. The van der Waals surface area contributed by atoms with Crippen molar-refractivity contribution in [1.29, 1.82) is 0 Å². The van der Waals surface area contributed by atoms with E-state index in [1.807, 2.05) is 30.3 Å². The lowest BCUT2D eigenvalue weighted by atomic mass is 9.88. The highest BCUT2D eigenvalue weighted by molar-refractivity contribution is 5.87. The SMILES string of the molecule is CC(C)(C)[C@@H]1CN(C(=O)[C@H](Cc2ccccc2)NC(N)=O)CCO1. The lowest BCUT2D eigenvalue weighted by molar-refractivity contribution is -0.145. The standard InChI is InChI=1S/C18H27N3O3/c1-18(2,3)15-12-21(9-10-24-15)16(22)14(20-17(19)23)11-13-7-5-4-6-8-13/h4-8,14-15H,9-12H2,1-3H3,(H3,19,20,23)/t14-,15-/m0/s1. The summed E-state index contributed by atoms with van der Waals surface area (Å²) in [5.74, 6) is -0.116. The van der Waals surface area contributed by atoms with Gasteiger partial charge in [-0.25, -0.2) is 4.79 Å². The molecular weight excluding hydrogens is 306 g/mol. The number of amides is 3. The molecule has 2 rings (SSSR count). The first-order chi connectivity index (χ1) is 11.3. The number of carbonyl (C=O) groups excluding carboxylic acids is 2. The first-order valence-corrected chi connectivity index (χ1v) is 8.27. The van der Waals surface area contributed by atoms with Gasteiger partial charge in [-0.15, -0.1) is 0 Å². The van der Waals surface area contributed by atoms with Crippen LogP contribution in [0.2, 0.25) is 0 Å². The van der Waals surface area contributed by atoms with Crippen LogP contribution in [0.5, 0.6) is 0 Å². The summed E-state index contributed by atoms with van der Waals surface area (Å²) >= 11 is 0. The summed E-state index contributed by atoms with van der Waals surface area (Å²) in [5, 5.41) is 2.59. The van der Waals surface area contributed by atoms with Crippen molar-refractivity contribution < 1.29 is 14.3 Å². The number of primary amides is 1. The van der Waals surface area contributed by atoms with Crippen LogP contribution in [-0.4, -0.2) is 48.7 Å². The van der Waals surface area contributed by atoms with Gasteiger partial charge in [0.2, 0.25) is 5.91 Å². The third-order valence-electron chi connectivity index (χ3n) is 4.24. The Balaban J connectivity index is 2.10. The Morgan fingerprint density at radius 2 is 2.00 bits per heavy atom. The van der Waals surface area contributed by atoms with Gasteiger partial charge in [0.15, 0.2) is 0 Å². The number of urea groups is 1. The van der Waals surface area contributed by atoms with Crippen molar-refractivity contribution in [2.45, 2.75) is 39.3 Å². The maximum atomic E-state index is 12.9. The second kappa shape index (κ2) is 7.66. The predicted octanol–water partition coefficient (Wildman–Crippen LogP) is 1.54. The number of nitrogens with two attached hydrogens (primary N) is 1. The molecule has 1 heterocycles. The monoisotopic (exact) mass is 333 g/mol. The fourth-order valence-corrected chi connectivity index (χ4v) is 2.82. The van der Waals surface area contributed by atoms with Gasteiger partial charge in [0.1, 0.15) is 6.04 Å². The molecule has 0 bridgehead atoms. The maximum Gasteiger partial charge on any atom is 0.312 e. The van der Waals surface area contributed by atoms with Gasteiger partial charge in [-0.05, 0) is 11.0 Å². The molecule has 0 aromatic heterocycles. The van der Waals surface area contributed by atoms with Crippen LogP contribution in [0.25, 0.3) is 0 Å². The zero-order valence-corrected chi connectivity index (χ0v) is 14.6. The molecular formula is C18H27N3O3. The normalized spacial score (nSPS) is 19.6. The number of benzene rings is 1. The highest BCUT2D eigenvalue weighted by Gasteiger charge is 2.35. The number of ether oxygens (including phenoxy) is 1. The summed E-state index contributed by atoms with van der Waals surface area (Å²) in [6, 6.07) is 8.24. The number of hydrogen-bond acceptors (Lipinski definition) is 3. The number of nitrogens with zero attached hydrogens (tertiary/aromatic N) is 1. The van der Waals surface area contributed by atoms with Crippen molar-refractivity contribution >= 4 is 11.9 Å². The fraction of sp³-hybridized carbons (Fsp3) is 0.556. The van der Waals surface area contributed by atoms with Gasteiger partial charge in [0.05, 0.1) is 12.7 Å². The molecule has 0 spiro atoms. The fourth-order valence-electron chi connectivity index (χ4n) is 2.82. The third-order valence-corrected chi connectivity index (χ3v) is 4.24. The van der Waals surface area contributed by atoms with Crippen LogP contribution in [0.3, 0.4) is 0 Å². The Labute approximate surface area is 143 Å². The average Bonchev–Trinajstić information content (AvgIpc) is 2.53. The molecule has 3 amide bonds. The van der Waals surface area contributed by atoms with E-state index in [0.717, 1.165) is 5.56 Å². The molecule has 1 saturated heterocycles. The van der Waals surface area contributed by atoms with Crippen LogP contribution < -0.4 is 11.1 Å². The van der Waals surface area contributed by atoms with Crippen molar-refractivity contribution in [2.75, 3.05) is 19.7 Å². The summed E-state index contributed by atoms with van der Waals surface area (Å²) in [6.45, 7) is 7.83. The van der Waals surface area contributed by atoms with Crippen molar-refractivity contribution in [2.24, 2.45) is 11.1 Å². The third kappa shape index (κ3) is 4.96. The van der Waals surface area contributed by atoms with E-state index < -0.39 is 12.1 Å². The van der Waals surface area contributed by atoms with E-state index in [4.69, 9.17) is 10.5 Å². The van der Waals surface area contributed by atoms with Crippen molar-refractivity contribution in [3.05, 3.63) is 35.9 Å². The molecule has 0 aliphatic carbocycles. The summed E-state index contributed by atoms with van der Waals surface area (Å²) in [4.78, 5) is 26.0. The molecule has 1 aliphatic heterocycles. The quantitative estimate of drug-likeness (QED) is 0.876. The summed E-state index contributed by atoms with van der Waals surface area (Å²) in [6.07, 6.45) is 0.390. The molecule has 0 radical (unpaired) electrons. The maximum absolute atomic E-state index is 12.9. The minimum Gasteiger partial charge on any atom is -0.374 e. The Kier molecular flexibility index (Phi) is 5.83. The molecule has 6 heteroatoms. The van der Waals surface area contributed by atoms with E-state index in [9.17, 15) is 9.59 Å². The van der Waals surface area contributed by atoms with E-state index in [1.54, 1.807) is 4.90 Å². The summed E-state index contributed by atoms with van der Waals surface area (Å²) in [7, 11) is 0. The molecule has 1 aromatic carbocycles. The highest BCUT2D eigenvalue weighted by Crippen LogP contribution is 2.25. The van der Waals surface area contributed by atoms with Gasteiger partial charge in [-0.3, -0.25) is 4.79 Å². The topological polar surface area (TPSA) is 84.7 Å². The molecule has 6 nitrogen and oxygen atoms in total. The number of rotatable bonds is 4. The molecule has 2 atom stereocenters. The van der Waals surface area contributed by atoms with Crippen LogP contribution in [0, 0.1) is 5.41 Å². The highest BCUT2D eigenvalue weighted by atomic mass is 16.5. The van der Waals surface area contributed by atoms with E-state index >= 15 is 0 Å². The van der Waals surface area contributed by atoms with Crippen molar-refractivity contribution in [1.82, 2.24) is 10.2 Å². The Morgan fingerprint density at radius 1 is 1.33 bits per heavy atom. The van der Waals surface area contributed by atoms with E-state index in [-0.39, 0.29) is 17.4 Å². The second-order valence-corrected chi connectivity index (χ2v) is 7.26. The van der Waals surface area contributed by atoms with Crippen LogP contribution in [0.4, 0.5) is 4.79 Å². The van der Waals surface area contributed by atoms with Crippen LogP contribution in [-0.2, 0) is 16.0 Å². The zero-order chi connectivity index (χ0) is 17.7.